The molecule has 1 aliphatic rings. The van der Waals surface area contributed by atoms with Crippen molar-refractivity contribution in [2.75, 3.05) is 7.11 Å². The van der Waals surface area contributed by atoms with Gasteiger partial charge in [0.2, 0.25) is 0 Å². The van der Waals surface area contributed by atoms with Crippen molar-refractivity contribution in [1.29, 1.82) is 0 Å². The number of rotatable bonds is 4. The minimum absolute atomic E-state index is 0.0124. The van der Waals surface area contributed by atoms with Crippen LogP contribution in [-0.4, -0.2) is 12.9 Å². The first kappa shape index (κ1) is 14.0. The number of methoxy groups -OCH3 is 1. The molecule has 19 heavy (non-hydrogen) atoms. The highest BCUT2D eigenvalue weighted by Gasteiger charge is 2.28. The molecule has 2 nitrogen and oxygen atoms in total. The summed E-state index contributed by atoms with van der Waals surface area (Å²) in [6, 6.07) is 4.87. The number of ketones is 1. The van der Waals surface area contributed by atoms with Crippen molar-refractivity contribution >= 4 is 5.78 Å². The molecule has 0 N–H and O–H groups in total. The minimum atomic E-state index is -0.272. The molecule has 0 amide bonds. The maximum Gasteiger partial charge on any atom is 0.136 e. The third-order valence-corrected chi connectivity index (χ3v) is 4.18. The van der Waals surface area contributed by atoms with Crippen LogP contribution in [0.15, 0.2) is 18.2 Å². The molecule has 3 heteroatoms. The fraction of sp³-hybridized carbons (Fsp3) is 0.562. The second-order valence-corrected chi connectivity index (χ2v) is 5.37. The van der Waals surface area contributed by atoms with Gasteiger partial charge >= 0.3 is 0 Å². The lowest BCUT2D eigenvalue weighted by Crippen LogP contribution is -2.26. The average Bonchev–Trinajstić information content (AvgIpc) is 2.43. The number of benzene rings is 1. The van der Waals surface area contributed by atoms with Gasteiger partial charge < -0.3 is 4.74 Å². The van der Waals surface area contributed by atoms with Gasteiger partial charge in [0.15, 0.2) is 0 Å². The number of Topliss-reactive ketones (excluding diaryl/α,β-unsaturated/α-hetero) is 1. The Kier molecular flexibility index (Phi) is 4.56. The first-order valence-electron chi connectivity index (χ1n) is 6.99. The molecule has 2 atom stereocenters. The third-order valence-electron chi connectivity index (χ3n) is 4.18. The first-order chi connectivity index (χ1) is 9.13. The van der Waals surface area contributed by atoms with E-state index in [0.717, 1.165) is 19.3 Å². The largest absolute Gasteiger partial charge is 0.497 e. The summed E-state index contributed by atoms with van der Waals surface area (Å²) in [6.07, 6.45) is 4.18. The van der Waals surface area contributed by atoms with E-state index in [1.165, 1.54) is 13.2 Å². The van der Waals surface area contributed by atoms with Crippen molar-refractivity contribution in [3.05, 3.63) is 29.6 Å². The van der Waals surface area contributed by atoms with E-state index in [1.807, 2.05) is 0 Å². The summed E-state index contributed by atoms with van der Waals surface area (Å²) in [5.41, 5.74) is 0.621. The van der Waals surface area contributed by atoms with Gasteiger partial charge in [-0.1, -0.05) is 19.4 Å². The molecule has 0 heterocycles. The van der Waals surface area contributed by atoms with Gasteiger partial charge in [-0.2, -0.15) is 0 Å². The predicted molar refractivity (Wildman–Crippen MR) is 72.8 cm³/mol. The van der Waals surface area contributed by atoms with Crippen LogP contribution in [0.4, 0.5) is 4.39 Å². The summed E-state index contributed by atoms with van der Waals surface area (Å²) in [5, 5.41) is 0. The molecule has 1 aromatic carbocycles. The van der Waals surface area contributed by atoms with E-state index in [1.54, 1.807) is 12.1 Å². The highest BCUT2D eigenvalue weighted by molar-refractivity contribution is 5.82. The summed E-state index contributed by atoms with van der Waals surface area (Å²) in [7, 11) is 1.52. The van der Waals surface area contributed by atoms with Gasteiger partial charge in [-0.15, -0.1) is 0 Å². The Morgan fingerprint density at radius 2 is 2.21 bits per heavy atom. The molecular weight excluding hydrogens is 243 g/mol. The second-order valence-electron chi connectivity index (χ2n) is 5.37. The Balaban J connectivity index is 2.09. The third kappa shape index (κ3) is 3.34. The molecular formula is C16H21FO2. The first-order valence-corrected chi connectivity index (χ1v) is 6.99. The lowest BCUT2D eigenvalue weighted by Gasteiger charge is -2.27. The number of hydrogen-bond acceptors (Lipinski definition) is 2. The molecule has 1 saturated carbocycles. The minimum Gasteiger partial charge on any atom is -0.497 e. The zero-order valence-electron chi connectivity index (χ0n) is 11.6. The number of carbonyl (C=O) groups excluding carboxylic acids is 1. The molecule has 0 aliphatic heterocycles. The SMILES string of the molecule is CCC1CCC(=O)C(Cc2ccc(OC)cc2F)C1. The van der Waals surface area contributed by atoms with Crippen LogP contribution in [0.1, 0.15) is 38.2 Å². The van der Waals surface area contributed by atoms with Crippen LogP contribution in [0, 0.1) is 17.7 Å². The maximum atomic E-state index is 13.9. The van der Waals surface area contributed by atoms with Crippen molar-refractivity contribution < 1.29 is 13.9 Å². The Hall–Kier alpha value is -1.38. The van der Waals surface area contributed by atoms with E-state index >= 15 is 0 Å². The molecule has 1 aliphatic carbocycles. The zero-order valence-corrected chi connectivity index (χ0v) is 11.6. The van der Waals surface area contributed by atoms with Crippen molar-refractivity contribution in [3.8, 4) is 5.75 Å². The summed E-state index contributed by atoms with van der Waals surface area (Å²) >= 11 is 0. The van der Waals surface area contributed by atoms with Crippen molar-refractivity contribution in [3.63, 3.8) is 0 Å². The molecule has 1 fully saturated rings. The maximum absolute atomic E-state index is 13.9. The number of halogens is 1. The average molecular weight is 264 g/mol. The second kappa shape index (κ2) is 6.18. The molecule has 0 saturated heterocycles. The van der Waals surface area contributed by atoms with E-state index < -0.39 is 0 Å². The van der Waals surface area contributed by atoms with Gasteiger partial charge in [0.05, 0.1) is 7.11 Å². The van der Waals surface area contributed by atoms with Gasteiger partial charge in [-0.25, -0.2) is 4.39 Å². The van der Waals surface area contributed by atoms with Crippen LogP contribution in [0.5, 0.6) is 5.75 Å². The Morgan fingerprint density at radius 1 is 1.42 bits per heavy atom. The summed E-state index contributed by atoms with van der Waals surface area (Å²) < 4.78 is 18.9. The van der Waals surface area contributed by atoms with Gasteiger partial charge in [0.25, 0.3) is 0 Å². The summed E-state index contributed by atoms with van der Waals surface area (Å²) in [5.74, 6) is 1.14. The fourth-order valence-corrected chi connectivity index (χ4v) is 2.86. The van der Waals surface area contributed by atoms with Gasteiger partial charge in [0, 0.05) is 18.4 Å². The quantitative estimate of drug-likeness (QED) is 0.827. The Labute approximate surface area is 114 Å². The van der Waals surface area contributed by atoms with Crippen LogP contribution in [0.2, 0.25) is 0 Å². The highest BCUT2D eigenvalue weighted by Crippen LogP contribution is 2.31. The molecule has 104 valence electrons. The van der Waals surface area contributed by atoms with E-state index in [0.29, 0.717) is 35.9 Å². The summed E-state index contributed by atoms with van der Waals surface area (Å²) in [4.78, 5) is 11.9. The van der Waals surface area contributed by atoms with Crippen LogP contribution in [-0.2, 0) is 11.2 Å². The lowest BCUT2D eigenvalue weighted by molar-refractivity contribution is -0.125. The van der Waals surface area contributed by atoms with E-state index in [2.05, 4.69) is 6.92 Å². The van der Waals surface area contributed by atoms with Crippen LogP contribution >= 0.6 is 0 Å². The van der Waals surface area contributed by atoms with Gasteiger partial charge in [-0.05, 0) is 36.8 Å². The molecule has 1 aromatic rings. The van der Waals surface area contributed by atoms with Crippen LogP contribution in [0.25, 0.3) is 0 Å². The Bertz CT molecular complexity index is 456. The van der Waals surface area contributed by atoms with Crippen molar-refractivity contribution in [2.45, 2.75) is 39.0 Å². The smallest absolute Gasteiger partial charge is 0.136 e. The molecule has 0 aromatic heterocycles. The Morgan fingerprint density at radius 3 is 2.84 bits per heavy atom. The molecule has 2 unspecified atom stereocenters. The monoisotopic (exact) mass is 264 g/mol. The zero-order chi connectivity index (χ0) is 13.8. The number of hydrogen-bond donors (Lipinski definition) is 0. The molecule has 0 bridgehead atoms. The summed E-state index contributed by atoms with van der Waals surface area (Å²) in [6.45, 7) is 2.16. The van der Waals surface area contributed by atoms with E-state index in [9.17, 15) is 9.18 Å². The highest BCUT2D eigenvalue weighted by atomic mass is 19.1. The number of ether oxygens (including phenoxy) is 1. The molecule has 2 rings (SSSR count). The van der Waals surface area contributed by atoms with Crippen molar-refractivity contribution in [1.82, 2.24) is 0 Å². The van der Waals surface area contributed by atoms with E-state index in [-0.39, 0.29) is 11.7 Å². The lowest BCUT2D eigenvalue weighted by atomic mass is 9.77. The molecule has 0 spiro atoms. The van der Waals surface area contributed by atoms with Crippen LogP contribution < -0.4 is 4.74 Å². The normalized spacial score (nSPS) is 23.4. The van der Waals surface area contributed by atoms with Gasteiger partial charge in [-0.3, -0.25) is 4.79 Å². The number of carbonyl (C=O) groups is 1. The fourth-order valence-electron chi connectivity index (χ4n) is 2.86. The van der Waals surface area contributed by atoms with Crippen molar-refractivity contribution in [2.24, 2.45) is 11.8 Å². The standard InChI is InChI=1S/C16H21FO2/c1-3-11-4-7-16(18)13(8-11)9-12-5-6-14(19-2)10-15(12)17/h5-6,10-11,13H,3-4,7-9H2,1-2H3. The molecule has 0 radical (unpaired) electrons. The van der Waals surface area contributed by atoms with E-state index in [4.69, 9.17) is 4.74 Å². The van der Waals surface area contributed by atoms with Crippen LogP contribution in [0.3, 0.4) is 0 Å². The van der Waals surface area contributed by atoms with Gasteiger partial charge in [0.1, 0.15) is 17.3 Å². The predicted octanol–water partition coefficient (Wildman–Crippen LogP) is 3.77. The topological polar surface area (TPSA) is 26.3 Å².